The molecule has 0 bridgehead atoms. The summed E-state index contributed by atoms with van der Waals surface area (Å²) in [7, 11) is 0. The SMILES string of the molecule is Cl.Cl.Nc1cccc(C(=O)NCCC(=O)N2CCN(c3ccc(F)cc3)CC2)c1. The van der Waals surface area contributed by atoms with Crippen molar-refractivity contribution in [2.75, 3.05) is 43.4 Å². The number of rotatable bonds is 5. The van der Waals surface area contributed by atoms with Crippen molar-refractivity contribution in [3.05, 3.63) is 59.9 Å². The average molecular weight is 443 g/mol. The summed E-state index contributed by atoms with van der Waals surface area (Å²) in [6.45, 7) is 2.91. The van der Waals surface area contributed by atoms with Crippen LogP contribution in [-0.2, 0) is 4.79 Å². The van der Waals surface area contributed by atoms with Gasteiger partial charge >= 0.3 is 0 Å². The summed E-state index contributed by atoms with van der Waals surface area (Å²) < 4.78 is 13.0. The maximum Gasteiger partial charge on any atom is 0.251 e. The van der Waals surface area contributed by atoms with Crippen LogP contribution >= 0.6 is 24.8 Å². The first-order valence-corrected chi connectivity index (χ1v) is 8.95. The van der Waals surface area contributed by atoms with E-state index < -0.39 is 0 Å². The van der Waals surface area contributed by atoms with E-state index in [1.807, 2.05) is 0 Å². The van der Waals surface area contributed by atoms with E-state index in [0.29, 0.717) is 37.4 Å². The van der Waals surface area contributed by atoms with Crippen molar-refractivity contribution in [2.45, 2.75) is 6.42 Å². The quantitative estimate of drug-likeness (QED) is 0.697. The smallest absolute Gasteiger partial charge is 0.251 e. The van der Waals surface area contributed by atoms with Gasteiger partial charge in [-0.05, 0) is 42.5 Å². The van der Waals surface area contributed by atoms with Crippen molar-refractivity contribution in [1.29, 1.82) is 0 Å². The van der Waals surface area contributed by atoms with E-state index in [1.54, 1.807) is 41.3 Å². The second kappa shape index (κ2) is 11.5. The molecule has 0 radical (unpaired) electrons. The molecular weight excluding hydrogens is 418 g/mol. The number of hydrogen-bond acceptors (Lipinski definition) is 4. The Morgan fingerprint density at radius 3 is 2.28 bits per heavy atom. The molecule has 6 nitrogen and oxygen atoms in total. The van der Waals surface area contributed by atoms with E-state index in [9.17, 15) is 14.0 Å². The molecule has 29 heavy (non-hydrogen) atoms. The number of nitrogens with one attached hydrogen (secondary N) is 1. The Labute approximate surface area is 182 Å². The lowest BCUT2D eigenvalue weighted by Crippen LogP contribution is -2.49. The molecule has 2 aromatic carbocycles. The molecule has 1 aliphatic heterocycles. The summed E-state index contributed by atoms with van der Waals surface area (Å²) in [6, 6.07) is 13.1. The van der Waals surface area contributed by atoms with Crippen LogP contribution in [0.5, 0.6) is 0 Å². The minimum absolute atomic E-state index is 0. The van der Waals surface area contributed by atoms with Crippen molar-refractivity contribution in [1.82, 2.24) is 10.2 Å². The zero-order chi connectivity index (χ0) is 19.2. The average Bonchev–Trinajstić information content (AvgIpc) is 2.68. The molecule has 9 heteroatoms. The van der Waals surface area contributed by atoms with Crippen LogP contribution in [0.3, 0.4) is 0 Å². The summed E-state index contributed by atoms with van der Waals surface area (Å²) in [6.07, 6.45) is 0.255. The van der Waals surface area contributed by atoms with Gasteiger partial charge in [-0.15, -0.1) is 24.8 Å². The Kier molecular flexibility index (Phi) is 9.71. The topological polar surface area (TPSA) is 78.7 Å². The van der Waals surface area contributed by atoms with E-state index in [1.165, 1.54) is 12.1 Å². The number of carbonyl (C=O) groups is 2. The Balaban J connectivity index is 0.00000210. The molecule has 0 unspecified atom stereocenters. The minimum atomic E-state index is -0.257. The molecule has 2 aromatic rings. The van der Waals surface area contributed by atoms with E-state index in [0.717, 1.165) is 5.69 Å². The highest BCUT2D eigenvalue weighted by Crippen LogP contribution is 2.17. The van der Waals surface area contributed by atoms with Crippen LogP contribution in [0, 0.1) is 5.82 Å². The van der Waals surface area contributed by atoms with Crippen LogP contribution in [0.1, 0.15) is 16.8 Å². The largest absolute Gasteiger partial charge is 0.399 e. The fourth-order valence-electron chi connectivity index (χ4n) is 3.09. The molecule has 1 aliphatic rings. The molecule has 158 valence electrons. The highest BCUT2D eigenvalue weighted by atomic mass is 35.5. The van der Waals surface area contributed by atoms with Crippen LogP contribution in [0.25, 0.3) is 0 Å². The first kappa shape index (κ1) is 24.5. The minimum Gasteiger partial charge on any atom is -0.399 e. The number of amides is 2. The highest BCUT2D eigenvalue weighted by molar-refractivity contribution is 5.95. The molecule has 0 spiro atoms. The first-order valence-electron chi connectivity index (χ1n) is 8.95. The lowest BCUT2D eigenvalue weighted by Gasteiger charge is -2.36. The lowest BCUT2D eigenvalue weighted by atomic mass is 10.2. The van der Waals surface area contributed by atoms with Crippen molar-refractivity contribution in [3.63, 3.8) is 0 Å². The molecular formula is C20H25Cl2FN4O2. The molecule has 2 amide bonds. The van der Waals surface area contributed by atoms with Crippen LogP contribution in [0.2, 0.25) is 0 Å². The monoisotopic (exact) mass is 442 g/mol. The van der Waals surface area contributed by atoms with Gasteiger partial charge in [-0.1, -0.05) is 6.07 Å². The molecule has 1 fully saturated rings. The van der Waals surface area contributed by atoms with Crippen LogP contribution in [-0.4, -0.2) is 49.4 Å². The fourth-order valence-corrected chi connectivity index (χ4v) is 3.09. The number of benzene rings is 2. The van der Waals surface area contributed by atoms with Crippen molar-refractivity contribution < 1.29 is 14.0 Å². The molecule has 0 saturated carbocycles. The Bertz CT molecular complexity index is 812. The zero-order valence-corrected chi connectivity index (χ0v) is 17.5. The summed E-state index contributed by atoms with van der Waals surface area (Å²) >= 11 is 0. The van der Waals surface area contributed by atoms with E-state index in [-0.39, 0.29) is 55.4 Å². The summed E-state index contributed by atoms with van der Waals surface area (Å²) in [5, 5.41) is 2.75. The number of halogens is 3. The molecule has 0 atom stereocenters. The number of nitrogens with two attached hydrogens (primary N) is 1. The fraction of sp³-hybridized carbons (Fsp3) is 0.300. The first-order chi connectivity index (χ1) is 13.0. The Hall–Kier alpha value is -2.51. The van der Waals surface area contributed by atoms with Crippen molar-refractivity contribution >= 4 is 48.0 Å². The highest BCUT2D eigenvalue weighted by Gasteiger charge is 2.21. The lowest BCUT2D eigenvalue weighted by molar-refractivity contribution is -0.131. The van der Waals surface area contributed by atoms with Gasteiger partial charge in [-0.25, -0.2) is 4.39 Å². The third kappa shape index (κ3) is 6.80. The number of carbonyl (C=O) groups excluding carboxylic acids is 2. The van der Waals surface area contributed by atoms with Gasteiger partial charge in [0.1, 0.15) is 5.82 Å². The van der Waals surface area contributed by atoms with Crippen LogP contribution in [0.15, 0.2) is 48.5 Å². The van der Waals surface area contributed by atoms with Crippen molar-refractivity contribution in [3.8, 4) is 0 Å². The maximum absolute atomic E-state index is 13.0. The summed E-state index contributed by atoms with van der Waals surface area (Å²) in [5.74, 6) is -0.481. The van der Waals surface area contributed by atoms with Gasteiger partial charge in [-0.2, -0.15) is 0 Å². The normalized spacial score (nSPS) is 13.1. The van der Waals surface area contributed by atoms with Crippen LogP contribution < -0.4 is 16.0 Å². The predicted molar refractivity (Wildman–Crippen MR) is 117 cm³/mol. The summed E-state index contributed by atoms with van der Waals surface area (Å²) in [4.78, 5) is 28.3. The zero-order valence-electron chi connectivity index (χ0n) is 15.8. The molecule has 3 rings (SSSR count). The number of piperazine rings is 1. The van der Waals surface area contributed by atoms with E-state index in [4.69, 9.17) is 5.73 Å². The Morgan fingerprint density at radius 1 is 1.00 bits per heavy atom. The van der Waals surface area contributed by atoms with Gasteiger partial charge in [0.25, 0.3) is 5.91 Å². The van der Waals surface area contributed by atoms with Gasteiger partial charge in [0.2, 0.25) is 5.91 Å². The van der Waals surface area contributed by atoms with E-state index >= 15 is 0 Å². The van der Waals surface area contributed by atoms with E-state index in [2.05, 4.69) is 10.2 Å². The third-order valence-electron chi connectivity index (χ3n) is 4.60. The molecule has 0 aliphatic carbocycles. The maximum atomic E-state index is 13.0. The third-order valence-corrected chi connectivity index (χ3v) is 4.60. The van der Waals surface area contributed by atoms with Gasteiger partial charge in [0.15, 0.2) is 0 Å². The predicted octanol–water partition coefficient (Wildman–Crippen LogP) is 2.72. The van der Waals surface area contributed by atoms with Crippen molar-refractivity contribution in [2.24, 2.45) is 0 Å². The number of nitrogens with zero attached hydrogens (tertiary/aromatic N) is 2. The molecule has 1 saturated heterocycles. The number of nitrogen functional groups attached to an aromatic ring is 1. The molecule has 1 heterocycles. The standard InChI is InChI=1S/C20H23FN4O2.2ClH/c21-16-4-6-18(7-5-16)24-10-12-25(13-11-24)19(26)8-9-23-20(27)15-2-1-3-17(22)14-15;;/h1-7,14H,8-13,22H2,(H,23,27);2*1H. The van der Waals surface area contributed by atoms with Crippen LogP contribution in [0.4, 0.5) is 15.8 Å². The molecule has 3 N–H and O–H groups in total. The van der Waals surface area contributed by atoms with Gasteiger partial charge in [0, 0.05) is 56.1 Å². The second-order valence-electron chi connectivity index (χ2n) is 6.48. The second-order valence-corrected chi connectivity index (χ2v) is 6.48. The number of hydrogen-bond donors (Lipinski definition) is 2. The number of anilines is 2. The Morgan fingerprint density at radius 2 is 1.66 bits per heavy atom. The summed E-state index contributed by atoms with van der Waals surface area (Å²) in [5.41, 5.74) is 7.63. The van der Waals surface area contributed by atoms with Gasteiger partial charge < -0.3 is 20.9 Å². The molecule has 0 aromatic heterocycles. The van der Waals surface area contributed by atoms with Gasteiger partial charge in [0.05, 0.1) is 0 Å². The van der Waals surface area contributed by atoms with Gasteiger partial charge in [-0.3, -0.25) is 9.59 Å².